The van der Waals surface area contributed by atoms with Gasteiger partial charge in [0.1, 0.15) is 6.29 Å². The summed E-state index contributed by atoms with van der Waals surface area (Å²) < 4.78 is 0. The highest BCUT2D eigenvalue weighted by molar-refractivity contribution is 5.93. The van der Waals surface area contributed by atoms with E-state index >= 15 is 0 Å². The van der Waals surface area contributed by atoms with Gasteiger partial charge in [-0.05, 0) is 43.4 Å². The summed E-state index contributed by atoms with van der Waals surface area (Å²) in [5, 5.41) is 2.90. The van der Waals surface area contributed by atoms with E-state index in [-0.39, 0.29) is 11.8 Å². The molecule has 0 heterocycles. The summed E-state index contributed by atoms with van der Waals surface area (Å²) >= 11 is 0. The van der Waals surface area contributed by atoms with Crippen LogP contribution in [-0.2, 0) is 16.0 Å². The minimum atomic E-state index is 0.138. The summed E-state index contributed by atoms with van der Waals surface area (Å²) in [6.45, 7) is 0. The zero-order valence-corrected chi connectivity index (χ0v) is 9.82. The molecule has 1 fully saturated rings. The van der Waals surface area contributed by atoms with Crippen molar-refractivity contribution in [1.29, 1.82) is 0 Å². The number of hydrogen-bond donors (Lipinski definition) is 1. The molecule has 1 aromatic rings. The van der Waals surface area contributed by atoms with E-state index in [1.54, 1.807) is 0 Å². The fourth-order valence-electron chi connectivity index (χ4n) is 1.73. The summed E-state index contributed by atoms with van der Waals surface area (Å²) in [5.41, 5.74) is 2.07. The molecule has 0 unspecified atom stereocenters. The lowest BCUT2D eigenvalue weighted by Gasteiger charge is -2.05. The van der Waals surface area contributed by atoms with E-state index in [1.807, 2.05) is 24.3 Å². The first kappa shape index (κ1) is 11.8. The van der Waals surface area contributed by atoms with Crippen molar-refractivity contribution in [2.45, 2.75) is 32.1 Å². The van der Waals surface area contributed by atoms with Gasteiger partial charge in [0.25, 0.3) is 0 Å². The van der Waals surface area contributed by atoms with Gasteiger partial charge in [-0.1, -0.05) is 12.1 Å². The molecule has 1 aliphatic carbocycles. The molecule has 2 rings (SSSR count). The fraction of sp³-hybridized carbons (Fsp3) is 0.429. The third-order valence-corrected chi connectivity index (χ3v) is 2.96. The summed E-state index contributed by atoms with van der Waals surface area (Å²) in [7, 11) is 0. The van der Waals surface area contributed by atoms with E-state index in [1.165, 1.54) is 5.56 Å². The molecule has 17 heavy (non-hydrogen) atoms. The number of carbonyl (C=O) groups is 2. The number of aryl methyl sites for hydroxylation is 1. The Morgan fingerprint density at radius 1 is 1.29 bits per heavy atom. The van der Waals surface area contributed by atoms with Crippen molar-refractivity contribution < 1.29 is 9.59 Å². The summed E-state index contributed by atoms with van der Waals surface area (Å²) in [6.07, 6.45) is 5.41. The van der Waals surface area contributed by atoms with Gasteiger partial charge in [0.15, 0.2) is 0 Å². The van der Waals surface area contributed by atoms with Crippen LogP contribution < -0.4 is 5.32 Å². The Kier molecular flexibility index (Phi) is 3.91. The van der Waals surface area contributed by atoms with Gasteiger partial charge in [-0.2, -0.15) is 0 Å². The van der Waals surface area contributed by atoms with E-state index in [4.69, 9.17) is 0 Å². The lowest BCUT2D eigenvalue weighted by molar-refractivity contribution is -0.117. The first-order valence-corrected chi connectivity index (χ1v) is 6.13. The summed E-state index contributed by atoms with van der Waals surface area (Å²) in [5.74, 6) is 0.376. The number of nitrogens with one attached hydrogen (secondary N) is 1. The molecule has 0 radical (unpaired) electrons. The van der Waals surface area contributed by atoms with Crippen molar-refractivity contribution >= 4 is 17.9 Å². The lowest BCUT2D eigenvalue weighted by Crippen LogP contribution is -2.13. The quantitative estimate of drug-likeness (QED) is 0.604. The molecule has 0 spiro atoms. The highest BCUT2D eigenvalue weighted by Crippen LogP contribution is 2.30. The van der Waals surface area contributed by atoms with Gasteiger partial charge in [0.05, 0.1) is 0 Å². The second kappa shape index (κ2) is 5.62. The van der Waals surface area contributed by atoms with Crippen LogP contribution in [0.3, 0.4) is 0 Å². The fourth-order valence-corrected chi connectivity index (χ4v) is 1.73. The zero-order chi connectivity index (χ0) is 12.1. The van der Waals surface area contributed by atoms with Gasteiger partial charge < -0.3 is 10.1 Å². The van der Waals surface area contributed by atoms with Gasteiger partial charge in [0.2, 0.25) is 5.91 Å². The molecule has 0 aromatic heterocycles. The zero-order valence-electron chi connectivity index (χ0n) is 9.82. The van der Waals surface area contributed by atoms with Crippen LogP contribution in [0.4, 0.5) is 5.69 Å². The molecule has 1 N–H and O–H groups in total. The Balaban J connectivity index is 1.83. The minimum absolute atomic E-state index is 0.138. The molecule has 0 aliphatic heterocycles. The van der Waals surface area contributed by atoms with Crippen molar-refractivity contribution in [1.82, 2.24) is 0 Å². The molecule has 90 valence electrons. The van der Waals surface area contributed by atoms with Gasteiger partial charge in [0, 0.05) is 18.0 Å². The number of rotatable bonds is 6. The second-order valence-corrected chi connectivity index (χ2v) is 4.52. The lowest BCUT2D eigenvalue weighted by atomic mass is 10.1. The number of aldehydes is 1. The van der Waals surface area contributed by atoms with E-state index in [9.17, 15) is 9.59 Å². The van der Waals surface area contributed by atoms with Crippen LogP contribution in [0.5, 0.6) is 0 Å². The Hall–Kier alpha value is -1.64. The van der Waals surface area contributed by atoms with Gasteiger partial charge in [-0.15, -0.1) is 0 Å². The standard InChI is InChI=1S/C14H17NO2/c16-10-2-1-3-11-4-8-13(9-5-11)15-14(17)12-6-7-12/h4-5,8-10,12H,1-3,6-7H2,(H,15,17). The van der Waals surface area contributed by atoms with Crippen LogP contribution >= 0.6 is 0 Å². The number of hydrogen-bond acceptors (Lipinski definition) is 2. The van der Waals surface area contributed by atoms with E-state index in [2.05, 4.69) is 5.32 Å². The smallest absolute Gasteiger partial charge is 0.227 e. The van der Waals surface area contributed by atoms with Crippen molar-refractivity contribution in [2.24, 2.45) is 5.92 Å². The van der Waals surface area contributed by atoms with Crippen LogP contribution in [0.2, 0.25) is 0 Å². The monoisotopic (exact) mass is 231 g/mol. The molecule has 1 amide bonds. The Morgan fingerprint density at radius 2 is 2.00 bits per heavy atom. The molecule has 1 saturated carbocycles. The molecular formula is C14H17NO2. The number of unbranched alkanes of at least 4 members (excludes halogenated alkanes) is 1. The maximum absolute atomic E-state index is 11.5. The van der Waals surface area contributed by atoms with E-state index in [0.29, 0.717) is 6.42 Å². The van der Waals surface area contributed by atoms with Crippen LogP contribution in [-0.4, -0.2) is 12.2 Å². The number of amides is 1. The SMILES string of the molecule is O=CCCCc1ccc(NC(=O)C2CC2)cc1. The maximum atomic E-state index is 11.5. The summed E-state index contributed by atoms with van der Waals surface area (Å²) in [4.78, 5) is 21.7. The Morgan fingerprint density at radius 3 is 2.59 bits per heavy atom. The Bertz CT molecular complexity index is 393. The van der Waals surface area contributed by atoms with E-state index in [0.717, 1.165) is 37.7 Å². The van der Waals surface area contributed by atoms with Crippen LogP contribution in [0.25, 0.3) is 0 Å². The third kappa shape index (κ3) is 3.70. The van der Waals surface area contributed by atoms with Crippen molar-refractivity contribution in [3.63, 3.8) is 0 Å². The van der Waals surface area contributed by atoms with Crippen molar-refractivity contribution in [2.75, 3.05) is 5.32 Å². The first-order valence-electron chi connectivity index (χ1n) is 6.13. The topological polar surface area (TPSA) is 46.2 Å². The second-order valence-electron chi connectivity index (χ2n) is 4.52. The molecular weight excluding hydrogens is 214 g/mol. The van der Waals surface area contributed by atoms with Crippen LogP contribution in [0, 0.1) is 5.92 Å². The largest absolute Gasteiger partial charge is 0.326 e. The molecule has 1 aliphatic rings. The van der Waals surface area contributed by atoms with Gasteiger partial charge >= 0.3 is 0 Å². The van der Waals surface area contributed by atoms with Gasteiger partial charge in [-0.25, -0.2) is 0 Å². The molecule has 3 nitrogen and oxygen atoms in total. The van der Waals surface area contributed by atoms with Crippen molar-refractivity contribution in [3.05, 3.63) is 29.8 Å². The molecule has 0 saturated heterocycles. The summed E-state index contributed by atoms with van der Waals surface area (Å²) in [6, 6.07) is 7.87. The predicted molar refractivity (Wildman–Crippen MR) is 66.8 cm³/mol. The number of anilines is 1. The molecule has 0 atom stereocenters. The Labute approximate surface area is 101 Å². The molecule has 1 aromatic carbocycles. The highest BCUT2D eigenvalue weighted by Gasteiger charge is 2.29. The number of benzene rings is 1. The average Bonchev–Trinajstić information content (AvgIpc) is 3.16. The first-order chi connectivity index (χ1) is 8.29. The number of carbonyl (C=O) groups excluding carboxylic acids is 2. The molecule has 0 bridgehead atoms. The van der Waals surface area contributed by atoms with E-state index < -0.39 is 0 Å². The minimum Gasteiger partial charge on any atom is -0.326 e. The normalized spacial score (nSPS) is 14.4. The van der Waals surface area contributed by atoms with Crippen LogP contribution in [0.1, 0.15) is 31.2 Å². The predicted octanol–water partition coefficient (Wildman–Crippen LogP) is 2.56. The highest BCUT2D eigenvalue weighted by atomic mass is 16.2. The van der Waals surface area contributed by atoms with Crippen LogP contribution in [0.15, 0.2) is 24.3 Å². The maximum Gasteiger partial charge on any atom is 0.227 e. The van der Waals surface area contributed by atoms with Crippen molar-refractivity contribution in [3.8, 4) is 0 Å². The average molecular weight is 231 g/mol. The third-order valence-electron chi connectivity index (χ3n) is 2.96. The molecule has 3 heteroatoms. The van der Waals surface area contributed by atoms with Gasteiger partial charge in [-0.3, -0.25) is 4.79 Å².